The number of nitrogens with zero attached hydrogens (tertiary/aromatic N) is 4. The SMILES string of the molecule is CCC(=O)Nc1nc(CNC[C@@H]2CN(CCc3c(F)cnc4ccc(OC)nc34)CC2NO)ccc1C. The smallest absolute Gasteiger partial charge is 0.225 e. The third-order valence-electron chi connectivity index (χ3n) is 6.76. The van der Waals surface area contributed by atoms with E-state index in [-0.39, 0.29) is 23.7 Å². The summed E-state index contributed by atoms with van der Waals surface area (Å²) >= 11 is 0. The summed E-state index contributed by atoms with van der Waals surface area (Å²) in [6, 6.07) is 7.24. The molecule has 0 saturated carbocycles. The van der Waals surface area contributed by atoms with Crippen LogP contribution in [0.2, 0.25) is 0 Å². The maximum absolute atomic E-state index is 14.7. The molecule has 4 heterocycles. The fourth-order valence-electron chi connectivity index (χ4n) is 4.60. The lowest BCUT2D eigenvalue weighted by atomic mass is 10.0. The van der Waals surface area contributed by atoms with Gasteiger partial charge in [-0.1, -0.05) is 13.0 Å². The molecule has 11 heteroatoms. The van der Waals surface area contributed by atoms with Crippen LogP contribution in [0, 0.1) is 18.7 Å². The number of carbonyl (C=O) groups is 1. The van der Waals surface area contributed by atoms with E-state index in [1.807, 2.05) is 19.1 Å². The number of anilines is 1. The van der Waals surface area contributed by atoms with Gasteiger partial charge in [0.2, 0.25) is 11.8 Å². The highest BCUT2D eigenvalue weighted by molar-refractivity contribution is 5.90. The number of fused-ring (bicyclic) bond motifs is 1. The van der Waals surface area contributed by atoms with Crippen LogP contribution in [0.25, 0.3) is 11.0 Å². The monoisotopic (exact) mass is 511 g/mol. The van der Waals surface area contributed by atoms with Gasteiger partial charge in [-0.05, 0) is 31.0 Å². The van der Waals surface area contributed by atoms with Gasteiger partial charge in [-0.15, -0.1) is 0 Å². The fourth-order valence-corrected chi connectivity index (χ4v) is 4.60. The van der Waals surface area contributed by atoms with Crippen molar-refractivity contribution in [2.45, 2.75) is 39.3 Å². The number of amides is 1. The van der Waals surface area contributed by atoms with Crippen LogP contribution < -0.4 is 20.9 Å². The highest BCUT2D eigenvalue weighted by atomic mass is 19.1. The van der Waals surface area contributed by atoms with Crippen molar-refractivity contribution in [1.29, 1.82) is 0 Å². The first kappa shape index (κ1) is 26.8. The summed E-state index contributed by atoms with van der Waals surface area (Å²) in [5, 5.41) is 16.0. The second-order valence-corrected chi connectivity index (χ2v) is 9.31. The number of aryl methyl sites for hydroxylation is 1. The molecule has 37 heavy (non-hydrogen) atoms. The summed E-state index contributed by atoms with van der Waals surface area (Å²) in [4.78, 5) is 27.1. The van der Waals surface area contributed by atoms with E-state index in [0.717, 1.165) is 17.8 Å². The van der Waals surface area contributed by atoms with Crippen molar-refractivity contribution < 1.29 is 19.1 Å². The largest absolute Gasteiger partial charge is 0.481 e. The average Bonchev–Trinajstić information content (AvgIpc) is 3.31. The number of halogens is 1. The van der Waals surface area contributed by atoms with Gasteiger partial charge in [-0.25, -0.2) is 19.8 Å². The molecule has 1 aliphatic heterocycles. The minimum Gasteiger partial charge on any atom is -0.481 e. The number of methoxy groups -OCH3 is 1. The predicted molar refractivity (Wildman–Crippen MR) is 138 cm³/mol. The molecule has 0 bridgehead atoms. The van der Waals surface area contributed by atoms with Crippen molar-refractivity contribution in [2.24, 2.45) is 5.92 Å². The Morgan fingerprint density at radius 2 is 2.08 bits per heavy atom. The Morgan fingerprint density at radius 3 is 2.84 bits per heavy atom. The maximum Gasteiger partial charge on any atom is 0.225 e. The molecule has 0 aromatic carbocycles. The fraction of sp³-hybridized carbons (Fsp3) is 0.462. The molecule has 1 unspecified atom stereocenters. The third-order valence-corrected chi connectivity index (χ3v) is 6.76. The number of likely N-dealkylation sites (tertiary alicyclic amines) is 1. The average molecular weight is 512 g/mol. The van der Waals surface area contributed by atoms with Crippen LogP contribution in [0.5, 0.6) is 5.88 Å². The molecule has 4 N–H and O–H groups in total. The van der Waals surface area contributed by atoms with Crippen molar-refractivity contribution in [3.8, 4) is 5.88 Å². The second-order valence-electron chi connectivity index (χ2n) is 9.31. The normalized spacial score (nSPS) is 17.9. The highest BCUT2D eigenvalue weighted by Gasteiger charge is 2.32. The van der Waals surface area contributed by atoms with E-state index in [4.69, 9.17) is 4.74 Å². The Morgan fingerprint density at radius 1 is 1.24 bits per heavy atom. The minimum atomic E-state index is -0.386. The van der Waals surface area contributed by atoms with Gasteiger partial charge in [-0.3, -0.25) is 9.78 Å². The van der Waals surface area contributed by atoms with Crippen LogP contribution in [-0.2, 0) is 17.8 Å². The van der Waals surface area contributed by atoms with Gasteiger partial charge in [0, 0.05) is 62.7 Å². The molecular formula is C26H34FN7O3. The molecule has 1 fully saturated rings. The van der Waals surface area contributed by atoms with Crippen molar-refractivity contribution in [3.05, 3.63) is 53.1 Å². The van der Waals surface area contributed by atoms with E-state index in [1.165, 1.54) is 13.3 Å². The molecule has 3 aromatic heterocycles. The van der Waals surface area contributed by atoms with Gasteiger partial charge in [-0.2, -0.15) is 0 Å². The molecule has 0 aliphatic carbocycles. The van der Waals surface area contributed by atoms with Gasteiger partial charge in [0.1, 0.15) is 11.6 Å². The number of ether oxygens (including phenoxy) is 1. The van der Waals surface area contributed by atoms with Crippen molar-refractivity contribution >= 4 is 22.8 Å². The number of hydrogen-bond acceptors (Lipinski definition) is 9. The second kappa shape index (κ2) is 12.3. The number of rotatable bonds is 11. The summed E-state index contributed by atoms with van der Waals surface area (Å²) in [6.07, 6.45) is 2.09. The van der Waals surface area contributed by atoms with Crippen LogP contribution in [0.4, 0.5) is 10.2 Å². The number of carbonyl (C=O) groups excluding carboxylic acids is 1. The molecular weight excluding hydrogens is 477 g/mol. The first-order valence-corrected chi connectivity index (χ1v) is 12.5. The van der Waals surface area contributed by atoms with Gasteiger partial charge in [0.15, 0.2) is 0 Å². The number of aromatic nitrogens is 3. The summed E-state index contributed by atoms with van der Waals surface area (Å²) < 4.78 is 19.9. The van der Waals surface area contributed by atoms with Crippen LogP contribution in [-0.4, -0.2) is 70.3 Å². The topological polar surface area (TPSA) is 125 Å². The summed E-state index contributed by atoms with van der Waals surface area (Å²) in [7, 11) is 1.53. The Bertz CT molecular complexity index is 1240. The zero-order chi connectivity index (χ0) is 26.4. The molecule has 0 radical (unpaired) electrons. The quantitative estimate of drug-likeness (QED) is 0.287. The number of nitrogens with one attached hydrogen (secondary N) is 3. The van der Waals surface area contributed by atoms with E-state index in [1.54, 1.807) is 19.1 Å². The first-order chi connectivity index (χ1) is 17.9. The molecule has 1 saturated heterocycles. The molecule has 4 rings (SSSR count). The Kier molecular flexibility index (Phi) is 8.93. The maximum atomic E-state index is 14.7. The van der Waals surface area contributed by atoms with Crippen molar-refractivity contribution in [1.82, 2.24) is 30.6 Å². The summed E-state index contributed by atoms with van der Waals surface area (Å²) in [5.74, 6) is 0.685. The summed E-state index contributed by atoms with van der Waals surface area (Å²) in [6.45, 7) is 6.90. The van der Waals surface area contributed by atoms with Crippen LogP contribution in [0.15, 0.2) is 30.5 Å². The summed E-state index contributed by atoms with van der Waals surface area (Å²) in [5.41, 5.74) is 5.81. The van der Waals surface area contributed by atoms with Gasteiger partial charge < -0.3 is 25.5 Å². The molecule has 0 spiro atoms. The Balaban J connectivity index is 1.34. The van der Waals surface area contributed by atoms with Crippen LogP contribution in [0.1, 0.15) is 30.2 Å². The van der Waals surface area contributed by atoms with E-state index < -0.39 is 0 Å². The first-order valence-electron chi connectivity index (χ1n) is 12.5. The van der Waals surface area contributed by atoms with E-state index in [9.17, 15) is 14.4 Å². The zero-order valence-electron chi connectivity index (χ0n) is 21.4. The van der Waals surface area contributed by atoms with Crippen LogP contribution in [0.3, 0.4) is 0 Å². The molecule has 1 aliphatic rings. The lowest BCUT2D eigenvalue weighted by Crippen LogP contribution is -2.38. The third kappa shape index (κ3) is 6.55. The molecule has 10 nitrogen and oxygen atoms in total. The van der Waals surface area contributed by atoms with E-state index in [0.29, 0.717) is 67.3 Å². The standard InChI is InChI=1S/C26H34FN7O3/c1-4-23(35)31-26-16(2)5-6-18(30-26)12-28-11-17-14-34(15-22(17)33-36)10-9-19-20(27)13-29-21-7-8-24(37-3)32-25(19)21/h5-8,13,17,22,28,33,36H,4,9-12,14-15H2,1-3H3,(H,30,31,35)/t17-,22?/m1/s1. The van der Waals surface area contributed by atoms with Gasteiger partial charge in [0.25, 0.3) is 0 Å². The predicted octanol–water partition coefficient (Wildman–Crippen LogP) is 2.44. The lowest BCUT2D eigenvalue weighted by molar-refractivity contribution is -0.115. The van der Waals surface area contributed by atoms with Crippen molar-refractivity contribution in [2.75, 3.05) is 38.6 Å². The number of pyridine rings is 3. The molecule has 3 aromatic rings. The lowest BCUT2D eigenvalue weighted by Gasteiger charge is -2.17. The van der Waals surface area contributed by atoms with Crippen molar-refractivity contribution in [3.63, 3.8) is 0 Å². The van der Waals surface area contributed by atoms with Gasteiger partial charge in [0.05, 0.1) is 30.0 Å². The molecule has 2 atom stereocenters. The van der Waals surface area contributed by atoms with Crippen LogP contribution >= 0.6 is 0 Å². The zero-order valence-corrected chi connectivity index (χ0v) is 21.4. The highest BCUT2D eigenvalue weighted by Crippen LogP contribution is 2.23. The number of hydrogen-bond donors (Lipinski definition) is 4. The molecule has 198 valence electrons. The van der Waals surface area contributed by atoms with E-state index >= 15 is 0 Å². The van der Waals surface area contributed by atoms with E-state index in [2.05, 4.69) is 36.0 Å². The Labute approximate surface area is 215 Å². The van der Waals surface area contributed by atoms with Gasteiger partial charge >= 0.3 is 0 Å². The Hall–Kier alpha value is -3.25. The minimum absolute atomic E-state index is 0.0711. The molecule has 1 amide bonds. The number of hydroxylamine groups is 1.